The lowest BCUT2D eigenvalue weighted by atomic mass is 9.92. The Morgan fingerprint density at radius 2 is 2.00 bits per heavy atom. The van der Waals surface area contributed by atoms with E-state index in [9.17, 15) is 0 Å². The summed E-state index contributed by atoms with van der Waals surface area (Å²) in [6.45, 7) is 1.46. The molecule has 0 aromatic heterocycles. The van der Waals surface area contributed by atoms with Gasteiger partial charge in [-0.1, -0.05) is 0 Å². The van der Waals surface area contributed by atoms with E-state index in [-0.39, 0.29) is 11.7 Å². The van der Waals surface area contributed by atoms with Gasteiger partial charge in [-0.3, -0.25) is 0 Å². The lowest BCUT2D eigenvalue weighted by molar-refractivity contribution is 0.00707. The number of allylic oxidation sites excluding steroid dienone is 1. The van der Waals surface area contributed by atoms with Crippen LogP contribution in [0.15, 0.2) is 11.6 Å². The molecule has 0 unspecified atom stereocenters. The third-order valence-electron chi connectivity index (χ3n) is 2.57. The molecule has 1 atom stereocenters. The van der Waals surface area contributed by atoms with Crippen molar-refractivity contribution in [3.63, 3.8) is 0 Å². The molecule has 0 aromatic rings. The van der Waals surface area contributed by atoms with Crippen LogP contribution >= 0.6 is 0 Å². The lowest BCUT2D eigenvalue weighted by Crippen LogP contribution is -2.27. The van der Waals surface area contributed by atoms with Gasteiger partial charge in [0.2, 0.25) is 0 Å². The number of hydrogen-bond donors (Lipinski definition) is 0. The SMILES string of the molecule is CO[C@@H](C=C(C#N)C#N)C1CCOCC1. The van der Waals surface area contributed by atoms with Gasteiger partial charge in [0.1, 0.15) is 17.7 Å². The average molecular weight is 206 g/mol. The fraction of sp³-hybridized carbons (Fsp3) is 0.636. The number of methoxy groups -OCH3 is 1. The van der Waals surface area contributed by atoms with Crippen molar-refractivity contribution in [3.8, 4) is 12.1 Å². The molecule has 0 aromatic carbocycles. The van der Waals surface area contributed by atoms with E-state index >= 15 is 0 Å². The highest BCUT2D eigenvalue weighted by molar-refractivity contribution is 5.36. The second kappa shape index (κ2) is 6.19. The molecular weight excluding hydrogens is 192 g/mol. The maximum absolute atomic E-state index is 8.65. The van der Waals surface area contributed by atoms with E-state index in [0.717, 1.165) is 26.1 Å². The molecule has 1 fully saturated rings. The quantitative estimate of drug-likeness (QED) is 0.655. The van der Waals surface area contributed by atoms with Gasteiger partial charge in [0.25, 0.3) is 0 Å². The zero-order valence-electron chi connectivity index (χ0n) is 8.77. The van der Waals surface area contributed by atoms with Crippen molar-refractivity contribution in [2.75, 3.05) is 20.3 Å². The van der Waals surface area contributed by atoms with E-state index in [1.807, 2.05) is 12.1 Å². The van der Waals surface area contributed by atoms with Crippen LogP contribution in [0.3, 0.4) is 0 Å². The van der Waals surface area contributed by atoms with Crippen molar-refractivity contribution in [3.05, 3.63) is 11.6 Å². The minimum atomic E-state index is -0.150. The Bertz CT molecular complexity index is 290. The maximum atomic E-state index is 8.65. The summed E-state index contributed by atoms with van der Waals surface area (Å²) < 4.78 is 10.5. The highest BCUT2D eigenvalue weighted by Gasteiger charge is 2.22. The van der Waals surface area contributed by atoms with Crippen molar-refractivity contribution in [1.82, 2.24) is 0 Å². The summed E-state index contributed by atoms with van der Waals surface area (Å²) in [7, 11) is 1.60. The number of ether oxygens (including phenoxy) is 2. The van der Waals surface area contributed by atoms with Crippen molar-refractivity contribution < 1.29 is 9.47 Å². The molecule has 1 saturated heterocycles. The van der Waals surface area contributed by atoms with Crippen molar-refractivity contribution in [2.24, 2.45) is 5.92 Å². The molecule has 0 saturated carbocycles. The third kappa shape index (κ3) is 3.36. The predicted molar refractivity (Wildman–Crippen MR) is 53.6 cm³/mol. The van der Waals surface area contributed by atoms with Gasteiger partial charge in [-0.15, -0.1) is 0 Å². The average Bonchev–Trinajstić information content (AvgIpc) is 2.32. The highest BCUT2D eigenvalue weighted by Crippen LogP contribution is 2.22. The smallest absolute Gasteiger partial charge is 0.128 e. The molecule has 0 bridgehead atoms. The number of nitriles is 2. The molecule has 1 aliphatic rings. The standard InChI is InChI=1S/C11H14N2O2/c1-14-11(6-9(7-12)8-13)10-2-4-15-5-3-10/h6,10-11H,2-5H2,1H3/t11-/m0/s1. The first-order valence-corrected chi connectivity index (χ1v) is 4.94. The Balaban J connectivity index is 2.67. The Hall–Kier alpha value is -1.36. The van der Waals surface area contributed by atoms with Gasteiger partial charge in [-0.25, -0.2) is 0 Å². The van der Waals surface area contributed by atoms with Gasteiger partial charge >= 0.3 is 0 Å². The first kappa shape index (κ1) is 11.7. The number of nitrogens with zero attached hydrogens (tertiary/aromatic N) is 2. The largest absolute Gasteiger partial charge is 0.381 e. The van der Waals surface area contributed by atoms with Crippen LogP contribution in [-0.4, -0.2) is 26.4 Å². The van der Waals surface area contributed by atoms with Crippen LogP contribution in [0.25, 0.3) is 0 Å². The second-order valence-electron chi connectivity index (χ2n) is 3.45. The Kier molecular flexibility index (Phi) is 4.83. The number of rotatable bonds is 3. The van der Waals surface area contributed by atoms with E-state index in [0.29, 0.717) is 5.92 Å². The molecule has 4 heteroatoms. The van der Waals surface area contributed by atoms with Crippen LogP contribution in [0, 0.1) is 28.6 Å². The van der Waals surface area contributed by atoms with Crippen LogP contribution in [-0.2, 0) is 9.47 Å². The minimum Gasteiger partial charge on any atom is -0.381 e. The van der Waals surface area contributed by atoms with Crippen molar-refractivity contribution >= 4 is 0 Å². The van der Waals surface area contributed by atoms with Gasteiger partial charge in [0, 0.05) is 20.3 Å². The summed E-state index contributed by atoms with van der Waals surface area (Å²) >= 11 is 0. The van der Waals surface area contributed by atoms with E-state index in [1.165, 1.54) is 0 Å². The minimum absolute atomic E-state index is 0.119. The normalized spacial score (nSPS) is 18.6. The van der Waals surface area contributed by atoms with Gasteiger partial charge in [-0.2, -0.15) is 10.5 Å². The molecule has 0 amide bonds. The molecule has 1 rings (SSSR count). The van der Waals surface area contributed by atoms with E-state index < -0.39 is 0 Å². The molecule has 1 aliphatic heterocycles. The summed E-state index contributed by atoms with van der Waals surface area (Å²) in [5.74, 6) is 0.348. The van der Waals surface area contributed by atoms with Crippen LogP contribution in [0.1, 0.15) is 12.8 Å². The molecule has 0 radical (unpaired) electrons. The molecule has 0 aliphatic carbocycles. The predicted octanol–water partition coefficient (Wildman–Crippen LogP) is 1.40. The van der Waals surface area contributed by atoms with Crippen LogP contribution in [0.5, 0.6) is 0 Å². The van der Waals surface area contributed by atoms with Crippen molar-refractivity contribution in [2.45, 2.75) is 18.9 Å². The fourth-order valence-corrected chi connectivity index (χ4v) is 1.70. The lowest BCUT2D eigenvalue weighted by Gasteiger charge is -2.27. The summed E-state index contributed by atoms with van der Waals surface area (Å²) in [6, 6.07) is 3.69. The van der Waals surface area contributed by atoms with Crippen molar-refractivity contribution in [1.29, 1.82) is 10.5 Å². The van der Waals surface area contributed by atoms with Gasteiger partial charge in [-0.05, 0) is 24.8 Å². The topological polar surface area (TPSA) is 66.0 Å². The first-order valence-electron chi connectivity index (χ1n) is 4.94. The van der Waals surface area contributed by atoms with E-state index in [2.05, 4.69) is 0 Å². The molecule has 1 heterocycles. The molecular formula is C11H14N2O2. The molecule has 80 valence electrons. The maximum Gasteiger partial charge on any atom is 0.128 e. The van der Waals surface area contributed by atoms with E-state index in [4.69, 9.17) is 20.0 Å². The van der Waals surface area contributed by atoms with Crippen LogP contribution in [0.4, 0.5) is 0 Å². The summed E-state index contributed by atoms with van der Waals surface area (Å²) in [6.07, 6.45) is 3.29. The first-order chi connectivity index (χ1) is 7.31. The van der Waals surface area contributed by atoms with Gasteiger partial charge in [0.15, 0.2) is 0 Å². The Morgan fingerprint density at radius 1 is 1.40 bits per heavy atom. The second-order valence-corrected chi connectivity index (χ2v) is 3.45. The summed E-state index contributed by atoms with van der Waals surface area (Å²) in [5, 5.41) is 17.3. The van der Waals surface area contributed by atoms with Gasteiger partial charge in [0.05, 0.1) is 6.10 Å². The van der Waals surface area contributed by atoms with Crippen LogP contribution < -0.4 is 0 Å². The molecule has 0 N–H and O–H groups in total. The number of hydrogen-bond acceptors (Lipinski definition) is 4. The highest BCUT2D eigenvalue weighted by atomic mass is 16.5. The van der Waals surface area contributed by atoms with Crippen LogP contribution in [0.2, 0.25) is 0 Å². The molecule has 0 spiro atoms. The monoisotopic (exact) mass is 206 g/mol. The Labute approximate surface area is 89.7 Å². The third-order valence-corrected chi connectivity index (χ3v) is 2.57. The summed E-state index contributed by atoms with van der Waals surface area (Å²) in [4.78, 5) is 0. The molecule has 15 heavy (non-hydrogen) atoms. The van der Waals surface area contributed by atoms with Gasteiger partial charge < -0.3 is 9.47 Å². The fourth-order valence-electron chi connectivity index (χ4n) is 1.70. The van der Waals surface area contributed by atoms with E-state index in [1.54, 1.807) is 13.2 Å². The molecule has 4 nitrogen and oxygen atoms in total. The summed E-state index contributed by atoms with van der Waals surface area (Å²) in [5.41, 5.74) is 0.119. The zero-order valence-corrected chi connectivity index (χ0v) is 8.77. The zero-order chi connectivity index (χ0) is 11.1. The Morgan fingerprint density at radius 3 is 2.47 bits per heavy atom.